The number of hydrogen-bond donors (Lipinski definition) is 1. The van der Waals surface area contributed by atoms with Crippen molar-refractivity contribution in [2.24, 2.45) is 10.8 Å². The first kappa shape index (κ1) is 19.2. The van der Waals surface area contributed by atoms with Crippen molar-refractivity contribution < 1.29 is 22.7 Å². The SMILES string of the molecule is CC(C)(C)OC(=O)NCC12CCC(C(=O)CS(C)(=O)=O)(CC1)CC2. The lowest BCUT2D eigenvalue weighted by atomic mass is 9.52. The third-order valence-corrected chi connectivity index (χ3v) is 6.18. The number of carbonyl (C=O) groups is 2. The average Bonchev–Trinajstić information content (AvgIpc) is 2.44. The fraction of sp³-hybridized carbons (Fsp3) is 0.882. The summed E-state index contributed by atoms with van der Waals surface area (Å²) in [6, 6.07) is 0. The molecule has 3 rings (SSSR count). The number of amides is 1. The summed E-state index contributed by atoms with van der Waals surface area (Å²) >= 11 is 0. The Labute approximate surface area is 144 Å². The average molecular weight is 359 g/mol. The first-order chi connectivity index (χ1) is 10.9. The fourth-order valence-corrected chi connectivity index (χ4v) is 4.69. The maximum atomic E-state index is 12.4. The van der Waals surface area contributed by atoms with Gasteiger partial charge in [0, 0.05) is 18.2 Å². The van der Waals surface area contributed by atoms with Gasteiger partial charge in [0.15, 0.2) is 15.6 Å². The Morgan fingerprint density at radius 3 is 1.96 bits per heavy atom. The van der Waals surface area contributed by atoms with Crippen LogP contribution in [0.15, 0.2) is 0 Å². The molecule has 24 heavy (non-hydrogen) atoms. The molecular formula is C17H29NO5S. The molecule has 3 saturated carbocycles. The summed E-state index contributed by atoms with van der Waals surface area (Å²) in [5.41, 5.74) is -0.963. The van der Waals surface area contributed by atoms with E-state index in [0.29, 0.717) is 6.54 Å². The van der Waals surface area contributed by atoms with Crippen LogP contribution in [0.25, 0.3) is 0 Å². The summed E-state index contributed by atoms with van der Waals surface area (Å²) < 4.78 is 28.1. The lowest BCUT2D eigenvalue weighted by molar-refractivity contribution is -0.135. The van der Waals surface area contributed by atoms with Crippen LogP contribution in [0.1, 0.15) is 59.3 Å². The molecule has 6 nitrogen and oxygen atoms in total. The molecular weight excluding hydrogens is 330 g/mol. The summed E-state index contributed by atoms with van der Waals surface area (Å²) in [4.78, 5) is 24.3. The predicted octanol–water partition coefficient (Wildman–Crippen LogP) is 2.47. The minimum atomic E-state index is -3.28. The van der Waals surface area contributed by atoms with Crippen LogP contribution in [0, 0.1) is 10.8 Å². The Bertz CT molecular complexity index is 593. The molecule has 3 fully saturated rings. The van der Waals surface area contributed by atoms with Crippen LogP contribution in [-0.2, 0) is 19.4 Å². The largest absolute Gasteiger partial charge is 0.444 e. The molecule has 2 bridgehead atoms. The second-order valence-corrected chi connectivity index (χ2v) is 10.8. The van der Waals surface area contributed by atoms with Gasteiger partial charge in [0.25, 0.3) is 0 Å². The Kier molecular flexibility index (Phi) is 5.06. The summed E-state index contributed by atoms with van der Waals surface area (Å²) in [5, 5.41) is 2.86. The van der Waals surface area contributed by atoms with Gasteiger partial charge in [-0.15, -0.1) is 0 Å². The number of ether oxygens (including phenoxy) is 1. The van der Waals surface area contributed by atoms with Gasteiger partial charge in [0.2, 0.25) is 0 Å². The predicted molar refractivity (Wildman–Crippen MR) is 91.5 cm³/mol. The van der Waals surface area contributed by atoms with Crippen LogP contribution in [0.4, 0.5) is 4.79 Å². The molecule has 0 aliphatic heterocycles. The number of ketones is 1. The van der Waals surface area contributed by atoms with Crippen molar-refractivity contribution in [3.05, 3.63) is 0 Å². The van der Waals surface area contributed by atoms with Crippen molar-refractivity contribution in [1.29, 1.82) is 0 Å². The highest BCUT2D eigenvalue weighted by Crippen LogP contribution is 2.57. The van der Waals surface area contributed by atoms with Crippen LogP contribution >= 0.6 is 0 Å². The van der Waals surface area contributed by atoms with Crippen LogP contribution in [0.5, 0.6) is 0 Å². The van der Waals surface area contributed by atoms with E-state index in [2.05, 4.69) is 5.32 Å². The van der Waals surface area contributed by atoms with E-state index in [9.17, 15) is 18.0 Å². The maximum absolute atomic E-state index is 12.4. The number of alkyl carbamates (subject to hydrolysis) is 1. The molecule has 0 heterocycles. The summed E-state index contributed by atoms with van der Waals surface area (Å²) in [5.74, 6) is -0.478. The monoisotopic (exact) mass is 359 g/mol. The molecule has 0 unspecified atom stereocenters. The lowest BCUT2D eigenvalue weighted by Gasteiger charge is -2.52. The third kappa shape index (κ3) is 4.71. The molecule has 3 aliphatic carbocycles. The second kappa shape index (κ2) is 6.32. The van der Waals surface area contributed by atoms with Crippen molar-refractivity contribution in [2.75, 3.05) is 18.6 Å². The summed E-state index contributed by atoms with van der Waals surface area (Å²) in [7, 11) is -3.28. The number of fused-ring (bicyclic) bond motifs is 3. The topological polar surface area (TPSA) is 89.5 Å². The number of hydrogen-bond acceptors (Lipinski definition) is 5. The Balaban J connectivity index is 1.91. The number of rotatable bonds is 5. The van der Waals surface area contributed by atoms with Crippen LogP contribution in [-0.4, -0.2) is 44.4 Å². The van der Waals surface area contributed by atoms with Crippen molar-refractivity contribution in [1.82, 2.24) is 5.32 Å². The van der Waals surface area contributed by atoms with Crippen molar-refractivity contribution in [2.45, 2.75) is 64.9 Å². The van der Waals surface area contributed by atoms with Crippen molar-refractivity contribution in [3.63, 3.8) is 0 Å². The fourth-order valence-electron chi connectivity index (χ4n) is 3.91. The molecule has 0 aromatic heterocycles. The minimum Gasteiger partial charge on any atom is -0.444 e. The van der Waals surface area contributed by atoms with Gasteiger partial charge >= 0.3 is 6.09 Å². The van der Waals surface area contributed by atoms with Gasteiger partial charge in [-0.25, -0.2) is 13.2 Å². The number of carbonyl (C=O) groups excluding carboxylic acids is 2. The van der Waals surface area contributed by atoms with Crippen molar-refractivity contribution >= 4 is 21.7 Å². The van der Waals surface area contributed by atoms with Crippen LogP contribution in [0.2, 0.25) is 0 Å². The molecule has 3 aliphatic rings. The van der Waals surface area contributed by atoms with E-state index in [0.717, 1.165) is 44.8 Å². The lowest BCUT2D eigenvalue weighted by Crippen LogP contribution is -2.51. The highest BCUT2D eigenvalue weighted by Gasteiger charge is 2.52. The molecule has 0 atom stereocenters. The van der Waals surface area contributed by atoms with Gasteiger partial charge in [0.05, 0.1) is 0 Å². The zero-order chi connectivity index (χ0) is 18.2. The molecule has 0 spiro atoms. The number of sulfone groups is 1. The first-order valence-corrected chi connectivity index (χ1v) is 10.6. The molecule has 1 N–H and O–H groups in total. The van der Waals surface area contributed by atoms with Crippen LogP contribution in [0.3, 0.4) is 0 Å². The highest BCUT2D eigenvalue weighted by molar-refractivity contribution is 7.91. The summed E-state index contributed by atoms with van der Waals surface area (Å²) in [6.45, 7) is 6.04. The Morgan fingerprint density at radius 2 is 1.54 bits per heavy atom. The Hall–Kier alpha value is -1.11. The van der Waals surface area contributed by atoms with Gasteiger partial charge in [-0.05, 0) is 64.7 Å². The van der Waals surface area contributed by atoms with E-state index < -0.39 is 26.9 Å². The van der Waals surface area contributed by atoms with Gasteiger partial charge < -0.3 is 10.1 Å². The maximum Gasteiger partial charge on any atom is 0.407 e. The second-order valence-electron chi connectivity index (χ2n) is 8.63. The zero-order valence-electron chi connectivity index (χ0n) is 15.1. The smallest absolute Gasteiger partial charge is 0.407 e. The molecule has 0 aromatic rings. The quantitative estimate of drug-likeness (QED) is 0.814. The molecule has 0 saturated heterocycles. The van der Waals surface area contributed by atoms with Crippen molar-refractivity contribution in [3.8, 4) is 0 Å². The Morgan fingerprint density at radius 1 is 1.04 bits per heavy atom. The highest BCUT2D eigenvalue weighted by atomic mass is 32.2. The molecule has 0 aromatic carbocycles. The van der Waals surface area contributed by atoms with E-state index in [4.69, 9.17) is 4.74 Å². The zero-order valence-corrected chi connectivity index (χ0v) is 15.9. The van der Waals surface area contributed by atoms with E-state index in [1.165, 1.54) is 0 Å². The molecule has 0 radical (unpaired) electrons. The van der Waals surface area contributed by atoms with Gasteiger partial charge in [0.1, 0.15) is 11.4 Å². The molecule has 1 amide bonds. The van der Waals surface area contributed by atoms with Gasteiger partial charge in [-0.3, -0.25) is 4.79 Å². The van der Waals surface area contributed by atoms with Gasteiger partial charge in [-0.2, -0.15) is 0 Å². The van der Waals surface area contributed by atoms with E-state index in [1.807, 2.05) is 20.8 Å². The first-order valence-electron chi connectivity index (χ1n) is 8.53. The van der Waals surface area contributed by atoms with E-state index in [1.54, 1.807) is 0 Å². The summed E-state index contributed by atoms with van der Waals surface area (Å²) in [6.07, 6.45) is 5.40. The molecule has 7 heteroatoms. The van der Waals surface area contributed by atoms with Gasteiger partial charge in [-0.1, -0.05) is 0 Å². The third-order valence-electron chi connectivity index (χ3n) is 5.39. The van der Waals surface area contributed by atoms with E-state index in [-0.39, 0.29) is 17.0 Å². The molecule has 138 valence electrons. The standard InChI is InChI=1S/C17H29NO5S/c1-15(2,3)23-14(20)18-12-16-5-8-17(9-6-16,10-7-16)13(19)11-24(4,21)22/h5-12H2,1-4H3,(H,18,20). The normalized spacial score (nSPS) is 30.0. The number of nitrogens with one attached hydrogen (secondary N) is 1. The van der Waals surface area contributed by atoms with Crippen LogP contribution < -0.4 is 5.32 Å². The minimum absolute atomic E-state index is 0.0179. The van der Waals surface area contributed by atoms with E-state index >= 15 is 0 Å². The number of Topliss-reactive ketones (excluding diaryl/α,β-unsaturated/α-hetero) is 1.